The van der Waals surface area contributed by atoms with Crippen molar-refractivity contribution in [3.8, 4) is 11.8 Å². The van der Waals surface area contributed by atoms with Crippen LogP contribution < -0.4 is 5.01 Å². The Morgan fingerprint density at radius 1 is 1.03 bits per heavy atom. The number of hydrogen-bond donors (Lipinski definition) is 0. The van der Waals surface area contributed by atoms with E-state index < -0.39 is 17.7 Å². The van der Waals surface area contributed by atoms with E-state index in [-0.39, 0.29) is 16.3 Å². The molecule has 0 saturated heterocycles. The number of benzene rings is 2. The molecule has 1 aromatic heterocycles. The Morgan fingerprint density at radius 3 is 2.30 bits per heavy atom. The molecular weight excluding hydrogens is 420 g/mol. The highest BCUT2D eigenvalue weighted by Gasteiger charge is 2.43. The molecule has 0 unspecified atom stereocenters. The molecule has 3 amide bonds. The third-order valence-corrected chi connectivity index (χ3v) is 6.28. The molecule has 30 heavy (non-hydrogen) atoms. The normalized spacial score (nSPS) is 12.4. The molecule has 0 N–H and O–H groups in total. The number of hydrogen-bond acceptors (Lipinski definition) is 7. The topological polar surface area (TPSA) is 83.5 Å². The van der Waals surface area contributed by atoms with Crippen molar-refractivity contribution in [2.24, 2.45) is 0 Å². The first-order valence-electron chi connectivity index (χ1n) is 8.85. The Kier molecular flexibility index (Phi) is 5.61. The predicted octanol–water partition coefficient (Wildman–Crippen LogP) is 3.40. The summed E-state index contributed by atoms with van der Waals surface area (Å²) in [5.74, 6) is 3.62. The molecule has 9 heteroatoms. The maximum Gasteiger partial charge on any atom is 0.324 e. The van der Waals surface area contributed by atoms with Crippen LogP contribution in [-0.2, 0) is 10.5 Å². The lowest BCUT2D eigenvalue weighted by Crippen LogP contribution is -2.49. The third-order valence-electron chi connectivity index (χ3n) is 4.18. The van der Waals surface area contributed by atoms with Crippen LogP contribution in [0.15, 0.2) is 58.9 Å². The maximum absolute atomic E-state index is 12.9. The van der Waals surface area contributed by atoms with Crippen molar-refractivity contribution in [3.63, 3.8) is 0 Å². The highest BCUT2D eigenvalue weighted by molar-refractivity contribution is 8.00. The second kappa shape index (κ2) is 8.49. The van der Waals surface area contributed by atoms with E-state index in [4.69, 9.17) is 0 Å². The molecular formula is C21H14N4O3S2. The minimum absolute atomic E-state index is 0.104. The van der Waals surface area contributed by atoms with Gasteiger partial charge in [-0.25, -0.2) is 0 Å². The van der Waals surface area contributed by atoms with Crippen molar-refractivity contribution in [1.82, 2.24) is 15.2 Å². The Labute approximate surface area is 180 Å². The zero-order valence-electron chi connectivity index (χ0n) is 15.7. The van der Waals surface area contributed by atoms with Gasteiger partial charge in [0.25, 0.3) is 11.8 Å². The van der Waals surface area contributed by atoms with Crippen LogP contribution >= 0.6 is 23.1 Å². The van der Waals surface area contributed by atoms with Crippen molar-refractivity contribution in [1.29, 1.82) is 0 Å². The number of hydrazine groups is 1. The second-order valence-corrected chi connectivity index (χ2v) is 8.26. The summed E-state index contributed by atoms with van der Waals surface area (Å²) in [6.07, 6.45) is 0. The number of amides is 3. The lowest BCUT2D eigenvalue weighted by Gasteiger charge is -2.24. The average Bonchev–Trinajstić information content (AvgIpc) is 3.33. The molecule has 0 fully saturated rings. The molecule has 0 radical (unpaired) electrons. The van der Waals surface area contributed by atoms with Gasteiger partial charge in [-0.05, 0) is 30.5 Å². The number of fused-ring (bicyclic) bond motifs is 1. The average molecular weight is 435 g/mol. The predicted molar refractivity (Wildman–Crippen MR) is 114 cm³/mol. The molecule has 1 aliphatic heterocycles. The smallest absolute Gasteiger partial charge is 0.267 e. The van der Waals surface area contributed by atoms with Crippen LogP contribution in [0.5, 0.6) is 0 Å². The van der Waals surface area contributed by atoms with E-state index in [2.05, 4.69) is 22.0 Å². The summed E-state index contributed by atoms with van der Waals surface area (Å²) in [6.45, 7) is 1.50. The first kappa shape index (κ1) is 19.8. The van der Waals surface area contributed by atoms with Crippen LogP contribution in [0.3, 0.4) is 0 Å². The van der Waals surface area contributed by atoms with Gasteiger partial charge in [0.2, 0.25) is 5.13 Å². The number of aromatic nitrogens is 2. The van der Waals surface area contributed by atoms with E-state index in [1.807, 2.05) is 30.3 Å². The third kappa shape index (κ3) is 3.70. The van der Waals surface area contributed by atoms with Crippen LogP contribution in [0.2, 0.25) is 0 Å². The molecule has 4 rings (SSSR count). The van der Waals surface area contributed by atoms with E-state index in [1.165, 1.54) is 18.7 Å². The fourth-order valence-electron chi connectivity index (χ4n) is 2.85. The highest BCUT2D eigenvalue weighted by atomic mass is 32.2. The fraction of sp³-hybridized carbons (Fsp3) is 0.0952. The summed E-state index contributed by atoms with van der Waals surface area (Å²) in [4.78, 5) is 38.4. The molecule has 0 saturated carbocycles. The number of carbonyl (C=O) groups excluding carboxylic acids is 3. The van der Waals surface area contributed by atoms with Crippen LogP contribution in [0.1, 0.15) is 33.2 Å². The van der Waals surface area contributed by atoms with Crippen molar-refractivity contribution in [2.75, 3.05) is 5.01 Å². The van der Waals surface area contributed by atoms with Gasteiger partial charge in [0.1, 0.15) is 0 Å². The molecule has 0 bridgehead atoms. The van der Waals surface area contributed by atoms with Gasteiger partial charge in [0.15, 0.2) is 4.34 Å². The van der Waals surface area contributed by atoms with Gasteiger partial charge in [0, 0.05) is 5.75 Å². The second-order valence-electron chi connectivity index (χ2n) is 6.08. The fourth-order valence-corrected chi connectivity index (χ4v) is 4.63. The molecule has 2 aromatic carbocycles. The molecule has 1 aliphatic rings. The largest absolute Gasteiger partial charge is 0.324 e. The van der Waals surface area contributed by atoms with E-state index in [1.54, 1.807) is 24.3 Å². The van der Waals surface area contributed by atoms with Crippen molar-refractivity contribution in [2.45, 2.75) is 17.0 Å². The van der Waals surface area contributed by atoms with Crippen molar-refractivity contribution >= 4 is 46.0 Å². The van der Waals surface area contributed by atoms with Gasteiger partial charge >= 0.3 is 5.91 Å². The van der Waals surface area contributed by atoms with E-state index in [0.29, 0.717) is 10.1 Å². The minimum Gasteiger partial charge on any atom is -0.267 e. The molecule has 0 aliphatic carbocycles. The molecule has 0 atom stereocenters. The number of carbonyl (C=O) groups is 3. The minimum atomic E-state index is -0.734. The van der Waals surface area contributed by atoms with Crippen LogP contribution in [0.4, 0.5) is 5.13 Å². The Morgan fingerprint density at radius 2 is 1.67 bits per heavy atom. The van der Waals surface area contributed by atoms with Gasteiger partial charge in [-0.3, -0.25) is 14.4 Å². The zero-order valence-corrected chi connectivity index (χ0v) is 17.4. The summed E-state index contributed by atoms with van der Waals surface area (Å²) in [5.41, 5.74) is 1.57. The highest BCUT2D eigenvalue weighted by Crippen LogP contribution is 2.33. The van der Waals surface area contributed by atoms with Crippen LogP contribution in [-0.4, -0.2) is 32.9 Å². The van der Waals surface area contributed by atoms with Crippen molar-refractivity contribution in [3.05, 3.63) is 71.3 Å². The number of anilines is 1. The van der Waals surface area contributed by atoms with Crippen LogP contribution in [0, 0.1) is 11.8 Å². The lowest BCUT2D eigenvalue weighted by atomic mass is 10.1. The Hall–Kier alpha value is -3.48. The quantitative estimate of drug-likeness (QED) is 0.265. The number of thioether (sulfide) groups is 1. The first-order chi connectivity index (χ1) is 14.6. The Balaban J connectivity index is 1.63. The van der Waals surface area contributed by atoms with Gasteiger partial charge in [-0.2, -0.15) is 10.0 Å². The summed E-state index contributed by atoms with van der Waals surface area (Å²) in [7, 11) is 0. The molecule has 148 valence electrons. The number of rotatable bonds is 5. The van der Waals surface area contributed by atoms with Crippen LogP contribution in [0.25, 0.3) is 0 Å². The molecule has 2 heterocycles. The maximum atomic E-state index is 12.9. The molecule has 3 aromatic rings. The Bertz CT molecular complexity index is 1160. The first-order valence-corrected chi connectivity index (χ1v) is 10.6. The van der Waals surface area contributed by atoms with E-state index >= 15 is 0 Å². The number of imide groups is 1. The van der Waals surface area contributed by atoms with E-state index in [0.717, 1.165) is 26.9 Å². The van der Waals surface area contributed by atoms with Gasteiger partial charge < -0.3 is 0 Å². The molecule has 7 nitrogen and oxygen atoms in total. The van der Waals surface area contributed by atoms with Crippen molar-refractivity contribution < 1.29 is 14.4 Å². The zero-order chi connectivity index (χ0) is 21.1. The molecule has 0 spiro atoms. The summed E-state index contributed by atoms with van der Waals surface area (Å²) >= 11 is 2.57. The van der Waals surface area contributed by atoms with E-state index in [9.17, 15) is 14.4 Å². The van der Waals surface area contributed by atoms with Gasteiger partial charge in [-0.15, -0.1) is 10.2 Å². The standard InChI is InChI=1S/C21H14N4O3S2/c1-2-8-17(26)24(25-18(27)15-11-6-7-12-16(15)19(25)28)20-22-23-21(30-20)29-13-14-9-4-3-5-10-14/h3-7,9-12H,13H2,1H3. The van der Waals surface area contributed by atoms with Gasteiger partial charge in [-0.1, -0.05) is 71.5 Å². The van der Waals surface area contributed by atoms with Gasteiger partial charge in [0.05, 0.1) is 11.1 Å². The summed E-state index contributed by atoms with van der Waals surface area (Å²) in [6, 6.07) is 16.3. The number of nitrogens with zero attached hydrogens (tertiary/aromatic N) is 4. The summed E-state index contributed by atoms with van der Waals surface area (Å²) in [5, 5.41) is 9.95. The lowest BCUT2D eigenvalue weighted by molar-refractivity contribution is -0.115. The SMILES string of the molecule is CC#CC(=O)N(c1nnc(SCc2ccccc2)s1)N1C(=O)c2ccccc2C1=O. The summed E-state index contributed by atoms with van der Waals surface area (Å²) < 4.78 is 0.604. The monoisotopic (exact) mass is 434 g/mol.